The molecule has 1 aromatic heterocycles. The fraction of sp³-hybridized carbons (Fsp3) is 0.400. The molecule has 4 nitrogen and oxygen atoms in total. The standard InChI is InChI=1S/C20H24N2O2S/c1-15-9-11-18(12-10-15)25-19-16(6-5-13-21-19)14-24-20(23)22-17-7-3-2-4-8-17/h5-6,9-13,17H,2-4,7-8,14H2,1H3,(H,22,23). The minimum atomic E-state index is -0.331. The maximum atomic E-state index is 12.0. The smallest absolute Gasteiger partial charge is 0.407 e. The average molecular weight is 356 g/mol. The highest BCUT2D eigenvalue weighted by Gasteiger charge is 2.16. The first-order valence-corrected chi connectivity index (χ1v) is 9.64. The molecule has 2 aromatic rings. The molecule has 3 rings (SSSR count). The van der Waals surface area contributed by atoms with Crippen LogP contribution in [0.2, 0.25) is 0 Å². The van der Waals surface area contributed by atoms with E-state index in [0.717, 1.165) is 28.3 Å². The largest absolute Gasteiger partial charge is 0.445 e. The third-order valence-electron chi connectivity index (χ3n) is 4.37. The van der Waals surface area contributed by atoms with Gasteiger partial charge in [-0.15, -0.1) is 0 Å². The van der Waals surface area contributed by atoms with Crippen molar-refractivity contribution in [2.75, 3.05) is 0 Å². The molecule has 1 N–H and O–H groups in total. The molecular formula is C20H24N2O2S. The van der Waals surface area contributed by atoms with Gasteiger partial charge < -0.3 is 10.1 Å². The van der Waals surface area contributed by atoms with Gasteiger partial charge >= 0.3 is 6.09 Å². The Morgan fingerprint density at radius 1 is 1.20 bits per heavy atom. The van der Waals surface area contributed by atoms with E-state index in [0.29, 0.717) is 0 Å². The molecule has 0 radical (unpaired) electrons. The van der Waals surface area contributed by atoms with E-state index in [9.17, 15) is 4.79 Å². The summed E-state index contributed by atoms with van der Waals surface area (Å²) >= 11 is 1.59. The van der Waals surface area contributed by atoms with Crippen molar-refractivity contribution >= 4 is 17.9 Å². The highest BCUT2D eigenvalue weighted by Crippen LogP contribution is 2.29. The molecule has 1 aliphatic carbocycles. The molecule has 132 valence electrons. The Labute approximate surface area is 153 Å². The van der Waals surface area contributed by atoms with Crippen molar-refractivity contribution in [2.45, 2.75) is 61.6 Å². The molecule has 0 aliphatic heterocycles. The number of nitrogens with zero attached hydrogens (tertiary/aromatic N) is 1. The first-order chi connectivity index (χ1) is 12.2. The molecule has 0 saturated heterocycles. The second-order valence-electron chi connectivity index (χ2n) is 6.44. The SMILES string of the molecule is Cc1ccc(Sc2ncccc2COC(=O)NC2CCCCC2)cc1. The van der Waals surface area contributed by atoms with Gasteiger partial charge in [0.15, 0.2) is 0 Å². The van der Waals surface area contributed by atoms with Gasteiger partial charge in [0, 0.05) is 22.7 Å². The summed E-state index contributed by atoms with van der Waals surface area (Å²) in [5.74, 6) is 0. The second-order valence-corrected chi connectivity index (χ2v) is 7.50. The number of hydrogen-bond acceptors (Lipinski definition) is 4. The van der Waals surface area contributed by atoms with Crippen molar-refractivity contribution in [3.8, 4) is 0 Å². The monoisotopic (exact) mass is 356 g/mol. The quantitative estimate of drug-likeness (QED) is 0.810. The number of carbonyl (C=O) groups excluding carboxylic acids is 1. The predicted molar refractivity (Wildman–Crippen MR) is 99.7 cm³/mol. The number of benzene rings is 1. The van der Waals surface area contributed by atoms with Gasteiger partial charge in [-0.2, -0.15) is 0 Å². The van der Waals surface area contributed by atoms with Crippen LogP contribution >= 0.6 is 11.8 Å². The molecule has 1 saturated carbocycles. The van der Waals surface area contributed by atoms with Crippen LogP contribution in [0.15, 0.2) is 52.5 Å². The summed E-state index contributed by atoms with van der Waals surface area (Å²) in [7, 11) is 0. The van der Waals surface area contributed by atoms with E-state index in [1.165, 1.54) is 24.8 Å². The zero-order valence-corrected chi connectivity index (χ0v) is 15.3. The van der Waals surface area contributed by atoms with E-state index < -0.39 is 0 Å². The molecule has 1 fully saturated rings. The summed E-state index contributed by atoms with van der Waals surface area (Å²) in [5.41, 5.74) is 2.15. The van der Waals surface area contributed by atoms with Gasteiger partial charge in [0.1, 0.15) is 11.6 Å². The Morgan fingerprint density at radius 3 is 2.72 bits per heavy atom. The summed E-state index contributed by atoms with van der Waals surface area (Å²) in [6, 6.07) is 12.4. The molecular weight excluding hydrogens is 332 g/mol. The van der Waals surface area contributed by atoms with Gasteiger partial charge in [-0.1, -0.05) is 54.8 Å². The van der Waals surface area contributed by atoms with Crippen molar-refractivity contribution in [1.82, 2.24) is 10.3 Å². The van der Waals surface area contributed by atoms with E-state index in [-0.39, 0.29) is 18.7 Å². The molecule has 0 atom stereocenters. The van der Waals surface area contributed by atoms with Crippen molar-refractivity contribution in [2.24, 2.45) is 0 Å². The number of nitrogens with one attached hydrogen (secondary N) is 1. The molecule has 1 amide bonds. The Hall–Kier alpha value is -2.01. The van der Waals surface area contributed by atoms with Crippen molar-refractivity contribution in [3.05, 3.63) is 53.7 Å². The molecule has 0 spiro atoms. The van der Waals surface area contributed by atoms with Crippen LogP contribution in [0, 0.1) is 6.92 Å². The molecule has 1 aliphatic rings. The molecule has 5 heteroatoms. The van der Waals surface area contributed by atoms with Crippen LogP contribution in [0.25, 0.3) is 0 Å². The fourth-order valence-electron chi connectivity index (χ4n) is 2.94. The number of aryl methyl sites for hydroxylation is 1. The summed E-state index contributed by atoms with van der Waals surface area (Å²) < 4.78 is 5.42. The fourth-order valence-corrected chi connectivity index (χ4v) is 3.81. The molecule has 0 bridgehead atoms. The molecule has 25 heavy (non-hydrogen) atoms. The minimum absolute atomic E-state index is 0.237. The van der Waals surface area contributed by atoms with E-state index in [2.05, 4.69) is 41.5 Å². The zero-order valence-electron chi connectivity index (χ0n) is 14.5. The Bertz CT molecular complexity index is 697. The van der Waals surface area contributed by atoms with Gasteiger partial charge in [-0.3, -0.25) is 0 Å². The number of hydrogen-bond donors (Lipinski definition) is 1. The van der Waals surface area contributed by atoms with Crippen LogP contribution in [-0.4, -0.2) is 17.1 Å². The lowest BCUT2D eigenvalue weighted by molar-refractivity contribution is 0.132. The number of pyridine rings is 1. The van der Waals surface area contributed by atoms with Gasteiger partial charge in [-0.05, 0) is 38.0 Å². The number of ether oxygens (including phenoxy) is 1. The normalized spacial score (nSPS) is 14.9. The van der Waals surface area contributed by atoms with Crippen LogP contribution in [0.1, 0.15) is 43.2 Å². The lowest BCUT2D eigenvalue weighted by atomic mass is 9.96. The lowest BCUT2D eigenvalue weighted by Gasteiger charge is -2.22. The van der Waals surface area contributed by atoms with Crippen LogP contribution in [0.5, 0.6) is 0 Å². The minimum Gasteiger partial charge on any atom is -0.445 e. The van der Waals surface area contributed by atoms with Crippen LogP contribution in [0.3, 0.4) is 0 Å². The maximum absolute atomic E-state index is 12.0. The Balaban J connectivity index is 1.56. The third-order valence-corrected chi connectivity index (χ3v) is 5.44. The van der Waals surface area contributed by atoms with E-state index in [1.807, 2.05) is 12.1 Å². The van der Waals surface area contributed by atoms with Gasteiger partial charge in [0.05, 0.1) is 0 Å². The Morgan fingerprint density at radius 2 is 1.96 bits per heavy atom. The third kappa shape index (κ3) is 5.49. The highest BCUT2D eigenvalue weighted by molar-refractivity contribution is 7.99. The predicted octanol–water partition coefficient (Wildman–Crippen LogP) is 5.10. The average Bonchev–Trinajstić information content (AvgIpc) is 2.64. The number of rotatable bonds is 5. The molecule has 1 aromatic carbocycles. The van der Waals surface area contributed by atoms with Crippen LogP contribution < -0.4 is 5.32 Å². The first-order valence-electron chi connectivity index (χ1n) is 8.82. The van der Waals surface area contributed by atoms with Crippen molar-refractivity contribution in [3.63, 3.8) is 0 Å². The van der Waals surface area contributed by atoms with Crippen molar-refractivity contribution < 1.29 is 9.53 Å². The van der Waals surface area contributed by atoms with Gasteiger partial charge in [0.25, 0.3) is 0 Å². The zero-order chi connectivity index (χ0) is 17.5. The highest BCUT2D eigenvalue weighted by atomic mass is 32.2. The van der Waals surface area contributed by atoms with Gasteiger partial charge in [-0.25, -0.2) is 9.78 Å². The van der Waals surface area contributed by atoms with Gasteiger partial charge in [0.2, 0.25) is 0 Å². The second kappa shape index (κ2) is 8.90. The summed E-state index contributed by atoms with van der Waals surface area (Å²) in [4.78, 5) is 17.6. The van der Waals surface area contributed by atoms with Crippen LogP contribution in [0.4, 0.5) is 4.79 Å². The number of aromatic nitrogens is 1. The number of amides is 1. The first kappa shape index (κ1) is 17.8. The maximum Gasteiger partial charge on any atom is 0.407 e. The molecule has 0 unspecified atom stereocenters. The lowest BCUT2D eigenvalue weighted by Crippen LogP contribution is -2.36. The van der Waals surface area contributed by atoms with E-state index in [4.69, 9.17) is 4.74 Å². The summed E-state index contributed by atoms with van der Waals surface area (Å²) in [6.45, 7) is 2.31. The van der Waals surface area contributed by atoms with E-state index in [1.54, 1.807) is 18.0 Å². The number of carbonyl (C=O) groups is 1. The number of alkyl carbamates (subject to hydrolysis) is 1. The Kier molecular flexibility index (Phi) is 6.34. The van der Waals surface area contributed by atoms with E-state index >= 15 is 0 Å². The summed E-state index contributed by atoms with van der Waals surface area (Å²) in [5, 5.41) is 3.85. The van der Waals surface area contributed by atoms with Crippen LogP contribution in [-0.2, 0) is 11.3 Å². The summed E-state index contributed by atoms with van der Waals surface area (Å²) in [6.07, 6.45) is 7.18. The topological polar surface area (TPSA) is 51.2 Å². The van der Waals surface area contributed by atoms with Crippen molar-refractivity contribution in [1.29, 1.82) is 0 Å². The molecule has 1 heterocycles.